The molecule has 0 aromatic heterocycles. The van der Waals surface area contributed by atoms with Crippen molar-refractivity contribution in [2.75, 3.05) is 26.3 Å². The lowest BCUT2D eigenvalue weighted by Gasteiger charge is -2.27. The van der Waals surface area contributed by atoms with E-state index in [0.29, 0.717) is 0 Å². The molecule has 0 atom stereocenters. The maximum absolute atomic E-state index is 11.1. The molecule has 120 valence electrons. The summed E-state index contributed by atoms with van der Waals surface area (Å²) in [6.45, 7) is 4.22. The van der Waals surface area contributed by atoms with Crippen LogP contribution in [0.15, 0.2) is 42.5 Å². The van der Waals surface area contributed by atoms with Crippen LogP contribution in [0.2, 0.25) is 5.02 Å². The molecule has 1 fully saturated rings. The number of nitrogens with zero attached hydrogens (tertiary/aromatic N) is 1. The minimum Gasteiger partial charge on any atom is -0.478 e. The number of hydrogen-bond donors (Lipinski definition) is 1. The van der Waals surface area contributed by atoms with Crippen molar-refractivity contribution in [1.29, 1.82) is 0 Å². The normalized spacial score (nSPS) is 15.5. The average Bonchev–Trinajstić information content (AvgIpc) is 2.56. The largest absolute Gasteiger partial charge is 0.478 e. The van der Waals surface area contributed by atoms with Gasteiger partial charge in [0.1, 0.15) is 0 Å². The maximum Gasteiger partial charge on any atom is 0.337 e. The van der Waals surface area contributed by atoms with E-state index in [4.69, 9.17) is 21.4 Å². The summed E-state index contributed by atoms with van der Waals surface area (Å²) in [6.07, 6.45) is 0. The predicted molar refractivity (Wildman–Crippen MR) is 89.9 cm³/mol. The van der Waals surface area contributed by atoms with E-state index >= 15 is 0 Å². The SMILES string of the molecule is O=C(O)c1ccc(-c2ccccc2CN2CCOCC2)cc1Cl. The van der Waals surface area contributed by atoms with Gasteiger partial charge in [-0.05, 0) is 28.8 Å². The lowest BCUT2D eigenvalue weighted by Crippen LogP contribution is -2.35. The molecule has 0 bridgehead atoms. The van der Waals surface area contributed by atoms with Crippen LogP contribution >= 0.6 is 11.6 Å². The van der Waals surface area contributed by atoms with Gasteiger partial charge < -0.3 is 9.84 Å². The number of carboxylic acids is 1. The van der Waals surface area contributed by atoms with Gasteiger partial charge in [-0.1, -0.05) is 41.9 Å². The molecule has 23 heavy (non-hydrogen) atoms. The first-order chi connectivity index (χ1) is 11.1. The molecule has 1 heterocycles. The number of benzene rings is 2. The monoisotopic (exact) mass is 331 g/mol. The molecule has 1 aliphatic heterocycles. The highest BCUT2D eigenvalue weighted by atomic mass is 35.5. The Labute approximate surface area is 140 Å². The van der Waals surface area contributed by atoms with Crippen LogP contribution < -0.4 is 0 Å². The molecule has 0 unspecified atom stereocenters. The maximum atomic E-state index is 11.1. The first-order valence-corrected chi connectivity index (χ1v) is 7.94. The summed E-state index contributed by atoms with van der Waals surface area (Å²) in [5.41, 5.74) is 3.34. The molecule has 5 heteroatoms. The molecule has 0 saturated carbocycles. The molecule has 1 N–H and O–H groups in total. The number of halogens is 1. The fraction of sp³-hybridized carbons (Fsp3) is 0.278. The Bertz CT molecular complexity index is 711. The number of aromatic carboxylic acids is 1. The van der Waals surface area contributed by atoms with Gasteiger partial charge in [0.25, 0.3) is 0 Å². The zero-order chi connectivity index (χ0) is 16.2. The van der Waals surface area contributed by atoms with Crippen molar-refractivity contribution in [3.05, 3.63) is 58.6 Å². The zero-order valence-corrected chi connectivity index (χ0v) is 13.4. The van der Waals surface area contributed by atoms with E-state index in [2.05, 4.69) is 11.0 Å². The second kappa shape index (κ2) is 7.13. The fourth-order valence-corrected chi connectivity index (χ4v) is 3.06. The van der Waals surface area contributed by atoms with E-state index in [-0.39, 0.29) is 10.6 Å². The van der Waals surface area contributed by atoms with Crippen LogP contribution in [0.3, 0.4) is 0 Å². The van der Waals surface area contributed by atoms with Crippen LogP contribution in [0.4, 0.5) is 0 Å². The van der Waals surface area contributed by atoms with E-state index in [1.54, 1.807) is 12.1 Å². The topological polar surface area (TPSA) is 49.8 Å². The molecule has 0 spiro atoms. The van der Waals surface area contributed by atoms with Crippen molar-refractivity contribution in [2.45, 2.75) is 6.54 Å². The minimum absolute atomic E-state index is 0.126. The molecule has 0 amide bonds. The summed E-state index contributed by atoms with van der Waals surface area (Å²) in [5, 5.41) is 9.36. The van der Waals surface area contributed by atoms with Gasteiger partial charge in [0.05, 0.1) is 23.8 Å². The molecule has 2 aromatic carbocycles. The third kappa shape index (κ3) is 3.72. The summed E-state index contributed by atoms with van der Waals surface area (Å²) in [6, 6.07) is 13.2. The third-order valence-corrected chi connectivity index (χ3v) is 4.34. The standard InChI is InChI=1S/C18H18ClNO3/c19-17-11-13(5-6-16(17)18(21)22)15-4-2-1-3-14(15)12-20-7-9-23-10-8-20/h1-6,11H,7-10,12H2,(H,21,22). The Kier molecular flexibility index (Phi) is 4.96. The van der Waals surface area contributed by atoms with Gasteiger partial charge in [-0.3, -0.25) is 4.90 Å². The summed E-state index contributed by atoms with van der Waals surface area (Å²) in [4.78, 5) is 13.5. The van der Waals surface area contributed by atoms with Gasteiger partial charge in [0, 0.05) is 19.6 Å². The number of hydrogen-bond acceptors (Lipinski definition) is 3. The Morgan fingerprint density at radius 1 is 1.17 bits per heavy atom. The number of carbonyl (C=O) groups is 1. The molecule has 1 aliphatic rings. The summed E-state index contributed by atoms with van der Waals surface area (Å²) >= 11 is 6.11. The van der Waals surface area contributed by atoms with E-state index in [0.717, 1.165) is 44.0 Å². The Morgan fingerprint density at radius 2 is 1.91 bits per heavy atom. The van der Waals surface area contributed by atoms with Gasteiger partial charge in [-0.2, -0.15) is 0 Å². The highest BCUT2D eigenvalue weighted by Crippen LogP contribution is 2.29. The van der Waals surface area contributed by atoms with Gasteiger partial charge in [0.15, 0.2) is 0 Å². The Hall–Kier alpha value is -1.88. The van der Waals surface area contributed by atoms with E-state index < -0.39 is 5.97 Å². The van der Waals surface area contributed by atoms with Crippen LogP contribution in [-0.2, 0) is 11.3 Å². The van der Waals surface area contributed by atoms with Crippen LogP contribution in [-0.4, -0.2) is 42.3 Å². The summed E-state index contributed by atoms with van der Waals surface area (Å²) < 4.78 is 5.39. The van der Waals surface area contributed by atoms with Crippen molar-refractivity contribution >= 4 is 17.6 Å². The Balaban J connectivity index is 1.90. The van der Waals surface area contributed by atoms with Crippen LogP contribution in [0.5, 0.6) is 0 Å². The minimum atomic E-state index is -1.01. The second-order valence-electron chi connectivity index (χ2n) is 5.55. The molecule has 2 aromatic rings. The molecule has 3 rings (SSSR count). The predicted octanol–water partition coefficient (Wildman–Crippen LogP) is 3.54. The first-order valence-electron chi connectivity index (χ1n) is 7.56. The molecule has 0 aliphatic carbocycles. The van der Waals surface area contributed by atoms with Crippen LogP contribution in [0, 0.1) is 0 Å². The molecular weight excluding hydrogens is 314 g/mol. The lowest BCUT2D eigenvalue weighted by molar-refractivity contribution is 0.0342. The molecule has 4 nitrogen and oxygen atoms in total. The zero-order valence-electron chi connectivity index (χ0n) is 12.7. The van der Waals surface area contributed by atoms with Crippen molar-refractivity contribution in [3.63, 3.8) is 0 Å². The van der Waals surface area contributed by atoms with Gasteiger partial charge in [0.2, 0.25) is 0 Å². The average molecular weight is 332 g/mol. The molecule has 0 radical (unpaired) electrons. The smallest absolute Gasteiger partial charge is 0.337 e. The summed E-state index contributed by atoms with van der Waals surface area (Å²) in [7, 11) is 0. The lowest BCUT2D eigenvalue weighted by atomic mass is 9.98. The number of morpholine rings is 1. The number of carboxylic acid groups (broad SMARTS) is 1. The van der Waals surface area contributed by atoms with Crippen molar-refractivity contribution in [3.8, 4) is 11.1 Å². The number of rotatable bonds is 4. The second-order valence-corrected chi connectivity index (χ2v) is 5.95. The third-order valence-electron chi connectivity index (χ3n) is 4.03. The van der Waals surface area contributed by atoms with E-state index in [1.165, 1.54) is 5.56 Å². The van der Waals surface area contributed by atoms with E-state index in [9.17, 15) is 4.79 Å². The molecule has 1 saturated heterocycles. The van der Waals surface area contributed by atoms with Crippen molar-refractivity contribution in [2.24, 2.45) is 0 Å². The van der Waals surface area contributed by atoms with Crippen LogP contribution in [0.1, 0.15) is 15.9 Å². The molecular formula is C18H18ClNO3. The van der Waals surface area contributed by atoms with E-state index in [1.807, 2.05) is 24.3 Å². The van der Waals surface area contributed by atoms with Crippen molar-refractivity contribution < 1.29 is 14.6 Å². The van der Waals surface area contributed by atoms with Crippen molar-refractivity contribution in [1.82, 2.24) is 4.90 Å². The Morgan fingerprint density at radius 3 is 2.61 bits per heavy atom. The quantitative estimate of drug-likeness (QED) is 0.931. The summed E-state index contributed by atoms with van der Waals surface area (Å²) in [5.74, 6) is -1.01. The van der Waals surface area contributed by atoms with Gasteiger partial charge >= 0.3 is 5.97 Å². The van der Waals surface area contributed by atoms with Crippen LogP contribution in [0.25, 0.3) is 11.1 Å². The highest BCUT2D eigenvalue weighted by Gasteiger charge is 2.15. The number of ether oxygens (including phenoxy) is 1. The fourth-order valence-electron chi connectivity index (χ4n) is 2.80. The first kappa shape index (κ1) is 16.0. The highest BCUT2D eigenvalue weighted by molar-refractivity contribution is 6.33. The van der Waals surface area contributed by atoms with Gasteiger partial charge in [-0.25, -0.2) is 4.79 Å². The van der Waals surface area contributed by atoms with Gasteiger partial charge in [-0.15, -0.1) is 0 Å².